The van der Waals surface area contributed by atoms with Crippen LogP contribution in [0.5, 0.6) is 0 Å². The number of hydrogen-bond acceptors (Lipinski definition) is 4. The number of fused-ring (bicyclic) bond motifs is 1. The predicted molar refractivity (Wildman–Crippen MR) is 93.0 cm³/mol. The van der Waals surface area contributed by atoms with Crippen molar-refractivity contribution in [1.82, 2.24) is 0 Å². The summed E-state index contributed by atoms with van der Waals surface area (Å²) in [7, 11) is 0. The molecule has 2 heterocycles. The second-order valence-electron chi connectivity index (χ2n) is 5.65. The number of hydrogen-bond donors (Lipinski definition) is 2. The molecule has 7 heteroatoms. The first-order valence-corrected chi connectivity index (χ1v) is 9.11. The van der Waals surface area contributed by atoms with Crippen LogP contribution in [-0.2, 0) is 12.8 Å². The Kier molecular flexibility index (Phi) is 4.59. The highest BCUT2D eigenvalue weighted by molar-refractivity contribution is 9.10. The summed E-state index contributed by atoms with van der Waals surface area (Å²) < 4.78 is 5.73. The lowest BCUT2D eigenvalue weighted by atomic mass is 9.85. The van der Waals surface area contributed by atoms with E-state index in [9.17, 15) is 9.59 Å². The first-order valence-electron chi connectivity index (χ1n) is 7.50. The van der Waals surface area contributed by atoms with Gasteiger partial charge in [-0.15, -0.1) is 11.3 Å². The normalized spacial score (nSPS) is 16.9. The van der Waals surface area contributed by atoms with Crippen LogP contribution < -0.4 is 11.1 Å². The van der Waals surface area contributed by atoms with Crippen LogP contribution in [-0.4, -0.2) is 11.8 Å². The van der Waals surface area contributed by atoms with Gasteiger partial charge in [0.1, 0.15) is 5.00 Å². The molecule has 3 rings (SSSR count). The van der Waals surface area contributed by atoms with Gasteiger partial charge in [-0.2, -0.15) is 0 Å². The third kappa shape index (κ3) is 3.21. The number of halogens is 1. The number of nitrogens with one attached hydrogen (secondary N) is 1. The third-order valence-corrected chi connectivity index (χ3v) is 5.81. The Bertz CT molecular complexity index is 765. The smallest absolute Gasteiger partial charge is 0.292 e. The average Bonchev–Trinajstić information content (AvgIpc) is 3.09. The van der Waals surface area contributed by atoms with Crippen molar-refractivity contribution in [2.75, 3.05) is 5.32 Å². The topological polar surface area (TPSA) is 85.3 Å². The van der Waals surface area contributed by atoms with Crippen molar-refractivity contribution in [2.45, 2.75) is 32.6 Å². The van der Waals surface area contributed by atoms with Crippen LogP contribution in [0, 0.1) is 5.92 Å². The molecule has 2 aromatic heterocycles. The molecule has 122 valence electrons. The average molecular weight is 397 g/mol. The van der Waals surface area contributed by atoms with E-state index in [1.165, 1.54) is 11.3 Å². The zero-order chi connectivity index (χ0) is 16.6. The summed E-state index contributed by atoms with van der Waals surface area (Å²) in [6, 6.07) is 3.22. The van der Waals surface area contributed by atoms with E-state index in [0.29, 0.717) is 21.2 Å². The van der Waals surface area contributed by atoms with Crippen molar-refractivity contribution in [3.63, 3.8) is 0 Å². The van der Waals surface area contributed by atoms with Crippen LogP contribution in [0.2, 0.25) is 0 Å². The molecule has 0 aliphatic heterocycles. The molecule has 0 aromatic carbocycles. The first-order chi connectivity index (χ1) is 11.0. The van der Waals surface area contributed by atoms with Crippen molar-refractivity contribution in [2.24, 2.45) is 11.7 Å². The molecule has 0 spiro atoms. The van der Waals surface area contributed by atoms with Crippen LogP contribution in [0.15, 0.2) is 21.2 Å². The number of furan rings is 1. The van der Waals surface area contributed by atoms with E-state index in [1.807, 2.05) is 0 Å². The van der Waals surface area contributed by atoms with Crippen LogP contribution in [0.4, 0.5) is 5.00 Å². The van der Waals surface area contributed by atoms with Crippen LogP contribution in [0.3, 0.4) is 0 Å². The third-order valence-electron chi connectivity index (χ3n) is 4.22. The zero-order valence-corrected chi connectivity index (χ0v) is 15.1. The Labute approximate surface area is 146 Å². The molecule has 2 aromatic rings. The summed E-state index contributed by atoms with van der Waals surface area (Å²) >= 11 is 4.62. The fraction of sp³-hybridized carbons (Fsp3) is 0.375. The molecule has 0 saturated carbocycles. The van der Waals surface area contributed by atoms with Gasteiger partial charge in [0.15, 0.2) is 10.4 Å². The zero-order valence-electron chi connectivity index (χ0n) is 12.6. The van der Waals surface area contributed by atoms with E-state index in [4.69, 9.17) is 10.2 Å². The SMILES string of the molecule is CC[C@@H]1CCc2c(sc(NC(=O)c3ccc(Br)o3)c2C(N)=O)C1. The summed E-state index contributed by atoms with van der Waals surface area (Å²) in [5, 5.41) is 3.30. The van der Waals surface area contributed by atoms with Gasteiger partial charge in [-0.05, 0) is 58.8 Å². The minimum absolute atomic E-state index is 0.185. The van der Waals surface area contributed by atoms with Crippen LogP contribution >= 0.6 is 27.3 Å². The van der Waals surface area contributed by atoms with E-state index in [1.54, 1.807) is 12.1 Å². The summed E-state index contributed by atoms with van der Waals surface area (Å²) in [4.78, 5) is 25.3. The molecule has 0 fully saturated rings. The lowest BCUT2D eigenvalue weighted by Gasteiger charge is -2.20. The molecule has 2 amide bonds. The van der Waals surface area contributed by atoms with Gasteiger partial charge in [0.25, 0.3) is 11.8 Å². The molecule has 3 N–H and O–H groups in total. The van der Waals surface area contributed by atoms with E-state index in [0.717, 1.165) is 36.1 Å². The molecule has 0 bridgehead atoms. The number of primary amides is 1. The molecule has 0 unspecified atom stereocenters. The lowest BCUT2D eigenvalue weighted by molar-refractivity contribution is 0.0996. The molecule has 1 aliphatic carbocycles. The highest BCUT2D eigenvalue weighted by atomic mass is 79.9. The fourth-order valence-corrected chi connectivity index (χ4v) is 4.62. The second-order valence-corrected chi connectivity index (χ2v) is 7.53. The molecule has 0 radical (unpaired) electrons. The fourth-order valence-electron chi connectivity index (χ4n) is 2.95. The van der Waals surface area contributed by atoms with Gasteiger partial charge in [0.2, 0.25) is 0 Å². The van der Waals surface area contributed by atoms with Crippen LogP contribution in [0.1, 0.15) is 51.1 Å². The van der Waals surface area contributed by atoms with E-state index < -0.39 is 5.91 Å². The molecule has 1 aliphatic rings. The van der Waals surface area contributed by atoms with Gasteiger partial charge in [-0.1, -0.05) is 13.3 Å². The molecule has 23 heavy (non-hydrogen) atoms. The maximum atomic E-state index is 12.3. The number of carbonyl (C=O) groups is 2. The highest BCUT2D eigenvalue weighted by Crippen LogP contribution is 2.40. The van der Waals surface area contributed by atoms with E-state index in [2.05, 4.69) is 28.2 Å². The van der Waals surface area contributed by atoms with Gasteiger partial charge in [-0.25, -0.2) is 0 Å². The van der Waals surface area contributed by atoms with Gasteiger partial charge >= 0.3 is 0 Å². The minimum atomic E-state index is -0.492. The summed E-state index contributed by atoms with van der Waals surface area (Å²) in [5.74, 6) is -0.0613. The van der Waals surface area contributed by atoms with Crippen molar-refractivity contribution < 1.29 is 14.0 Å². The number of rotatable bonds is 4. The molecule has 5 nitrogen and oxygen atoms in total. The predicted octanol–water partition coefficient (Wildman–Crippen LogP) is 3.97. The van der Waals surface area contributed by atoms with Gasteiger partial charge in [0, 0.05) is 4.88 Å². The maximum Gasteiger partial charge on any atom is 0.292 e. The minimum Gasteiger partial charge on any atom is -0.444 e. The monoisotopic (exact) mass is 396 g/mol. The molecule has 1 atom stereocenters. The Hall–Kier alpha value is -1.60. The van der Waals surface area contributed by atoms with Gasteiger partial charge < -0.3 is 15.5 Å². The Balaban J connectivity index is 1.91. The lowest BCUT2D eigenvalue weighted by Crippen LogP contribution is -2.19. The molecular weight excluding hydrogens is 380 g/mol. The largest absolute Gasteiger partial charge is 0.444 e. The quantitative estimate of drug-likeness (QED) is 0.819. The van der Waals surface area contributed by atoms with Crippen molar-refractivity contribution in [3.05, 3.63) is 38.6 Å². The highest BCUT2D eigenvalue weighted by Gasteiger charge is 2.28. The Morgan fingerprint density at radius 1 is 1.48 bits per heavy atom. The number of nitrogens with two attached hydrogens (primary N) is 1. The number of carbonyl (C=O) groups excluding carboxylic acids is 2. The molecule has 0 saturated heterocycles. The number of amides is 2. The van der Waals surface area contributed by atoms with Gasteiger partial charge in [-0.3, -0.25) is 9.59 Å². The number of thiophene rings is 1. The van der Waals surface area contributed by atoms with E-state index in [-0.39, 0.29) is 11.7 Å². The molecular formula is C16H17BrN2O3S. The summed E-state index contributed by atoms with van der Waals surface area (Å²) in [6.45, 7) is 2.18. The van der Waals surface area contributed by atoms with Crippen LogP contribution in [0.25, 0.3) is 0 Å². The first kappa shape index (κ1) is 16.3. The Morgan fingerprint density at radius 2 is 2.26 bits per heavy atom. The second kappa shape index (κ2) is 6.49. The van der Waals surface area contributed by atoms with Gasteiger partial charge in [0.05, 0.1) is 5.56 Å². The van der Waals surface area contributed by atoms with Crippen molar-refractivity contribution >= 4 is 44.1 Å². The Morgan fingerprint density at radius 3 is 2.87 bits per heavy atom. The number of anilines is 1. The standard InChI is InChI=1S/C16H17BrN2O3S/c1-2-8-3-4-9-11(7-8)23-16(13(9)14(18)20)19-15(21)10-5-6-12(17)22-10/h5-6,8H,2-4,7H2,1H3,(H2,18,20)(H,19,21)/t8-/m1/s1. The van der Waals surface area contributed by atoms with Crippen molar-refractivity contribution in [3.8, 4) is 0 Å². The maximum absolute atomic E-state index is 12.3. The van der Waals surface area contributed by atoms with Crippen molar-refractivity contribution in [1.29, 1.82) is 0 Å². The van der Waals surface area contributed by atoms with E-state index >= 15 is 0 Å². The summed E-state index contributed by atoms with van der Waals surface area (Å²) in [5.41, 5.74) is 7.01. The summed E-state index contributed by atoms with van der Waals surface area (Å²) in [6.07, 6.45) is 3.95.